The van der Waals surface area contributed by atoms with Crippen molar-refractivity contribution in [1.29, 1.82) is 5.26 Å². The zero-order valence-corrected chi connectivity index (χ0v) is 20.4. The van der Waals surface area contributed by atoms with E-state index in [0.29, 0.717) is 0 Å². The van der Waals surface area contributed by atoms with E-state index >= 15 is 0 Å². The number of aromatic amines is 1. The number of benzene rings is 1. The molecule has 0 saturated carbocycles. The fraction of sp³-hybridized carbons (Fsp3) is 0.500. The van der Waals surface area contributed by atoms with E-state index in [1.807, 2.05) is 6.92 Å². The molecule has 2 aromatic rings. The van der Waals surface area contributed by atoms with Gasteiger partial charge in [0.05, 0.1) is 34.4 Å². The number of imidazole rings is 1. The van der Waals surface area contributed by atoms with E-state index in [1.165, 1.54) is 63.9 Å². The molecule has 0 aliphatic carbocycles. The highest BCUT2D eigenvalue weighted by atomic mass is 16.4. The maximum absolute atomic E-state index is 10.7. The normalized spacial score (nSPS) is 11.1. The first kappa shape index (κ1) is 29.4. The molecule has 1 aromatic carbocycles. The van der Waals surface area contributed by atoms with Crippen molar-refractivity contribution in [2.24, 2.45) is 0 Å². The zero-order chi connectivity index (χ0) is 26.2. The second kappa shape index (κ2) is 16.0. The molecule has 35 heavy (non-hydrogen) atoms. The van der Waals surface area contributed by atoms with Crippen molar-refractivity contribution in [2.75, 3.05) is 0 Å². The average Bonchev–Trinajstić information content (AvgIpc) is 3.31. The van der Waals surface area contributed by atoms with Crippen LogP contribution in [0.5, 0.6) is 0 Å². The molecule has 190 valence electrons. The van der Waals surface area contributed by atoms with Crippen molar-refractivity contribution >= 4 is 17.9 Å². The van der Waals surface area contributed by atoms with Crippen LogP contribution in [0.1, 0.15) is 120 Å². The van der Waals surface area contributed by atoms with E-state index in [1.54, 1.807) is 6.20 Å². The third-order valence-corrected chi connectivity index (χ3v) is 5.56. The maximum atomic E-state index is 10.7. The Morgan fingerprint density at radius 2 is 1.43 bits per heavy atom. The number of nitriles is 1. The molecule has 0 bridgehead atoms. The smallest absolute Gasteiger partial charge is 0.337 e. The maximum Gasteiger partial charge on any atom is 0.337 e. The van der Waals surface area contributed by atoms with Gasteiger partial charge in [0, 0.05) is 12.6 Å². The highest BCUT2D eigenvalue weighted by Crippen LogP contribution is 2.16. The van der Waals surface area contributed by atoms with Gasteiger partial charge in [-0.05, 0) is 25.5 Å². The van der Waals surface area contributed by atoms with Crippen molar-refractivity contribution in [3.63, 3.8) is 0 Å². The van der Waals surface area contributed by atoms with Gasteiger partial charge in [0.15, 0.2) is 0 Å². The number of rotatable bonds is 14. The Morgan fingerprint density at radius 3 is 1.89 bits per heavy atom. The molecule has 0 fully saturated rings. The second-order valence-electron chi connectivity index (χ2n) is 8.36. The zero-order valence-electron chi connectivity index (χ0n) is 20.4. The van der Waals surface area contributed by atoms with E-state index < -0.39 is 34.6 Å². The van der Waals surface area contributed by atoms with Crippen LogP contribution in [0.15, 0.2) is 24.4 Å². The van der Waals surface area contributed by atoms with Crippen LogP contribution in [0.25, 0.3) is 0 Å². The molecule has 0 saturated heterocycles. The Kier molecular flexibility index (Phi) is 13.5. The number of carboxylic acids is 3. The minimum atomic E-state index is -1.58. The summed E-state index contributed by atoms with van der Waals surface area (Å²) in [5.41, 5.74) is -0.847. The lowest BCUT2D eigenvalue weighted by molar-refractivity contribution is 0.0633. The van der Waals surface area contributed by atoms with Crippen molar-refractivity contribution in [1.82, 2.24) is 9.97 Å². The van der Waals surface area contributed by atoms with Crippen molar-refractivity contribution < 1.29 is 29.7 Å². The van der Waals surface area contributed by atoms with Gasteiger partial charge in [-0.2, -0.15) is 5.26 Å². The SMILES string of the molecule is CCCCCCCCCCCc1ncc(C(C)C#N)[nH]1.O=C(O)c1cccc(C(=O)O)c1C(=O)O. The summed E-state index contributed by atoms with van der Waals surface area (Å²) in [6.07, 6.45) is 14.9. The first-order chi connectivity index (χ1) is 16.7. The molecule has 0 radical (unpaired) electrons. The minimum Gasteiger partial charge on any atom is -0.478 e. The van der Waals surface area contributed by atoms with Crippen LogP contribution in [-0.4, -0.2) is 43.2 Å². The summed E-state index contributed by atoms with van der Waals surface area (Å²) in [6.45, 7) is 4.16. The molecule has 0 aliphatic rings. The molecule has 0 amide bonds. The third kappa shape index (κ3) is 10.4. The summed E-state index contributed by atoms with van der Waals surface area (Å²) < 4.78 is 0. The van der Waals surface area contributed by atoms with E-state index in [9.17, 15) is 14.4 Å². The van der Waals surface area contributed by atoms with Crippen LogP contribution in [0.4, 0.5) is 0 Å². The predicted molar refractivity (Wildman–Crippen MR) is 131 cm³/mol. The summed E-state index contributed by atoms with van der Waals surface area (Å²) in [7, 11) is 0. The molecule has 1 heterocycles. The molecule has 1 aromatic heterocycles. The average molecular weight is 486 g/mol. The van der Waals surface area contributed by atoms with E-state index in [0.717, 1.165) is 30.1 Å². The fourth-order valence-corrected chi connectivity index (χ4v) is 3.54. The van der Waals surface area contributed by atoms with Gasteiger partial charge in [-0.15, -0.1) is 0 Å². The number of unbranched alkanes of at least 4 members (excludes halogenated alkanes) is 8. The lowest BCUT2D eigenvalue weighted by Crippen LogP contribution is -2.14. The van der Waals surface area contributed by atoms with E-state index in [-0.39, 0.29) is 5.92 Å². The quantitative estimate of drug-likeness (QED) is 0.240. The molecule has 0 spiro atoms. The lowest BCUT2D eigenvalue weighted by atomic mass is 10.0. The van der Waals surface area contributed by atoms with Gasteiger partial charge in [-0.25, -0.2) is 19.4 Å². The molecular weight excluding hydrogens is 450 g/mol. The fourth-order valence-electron chi connectivity index (χ4n) is 3.54. The number of aromatic nitrogens is 2. The summed E-state index contributed by atoms with van der Waals surface area (Å²) in [6, 6.07) is 5.49. The van der Waals surface area contributed by atoms with E-state index in [4.69, 9.17) is 20.6 Å². The van der Waals surface area contributed by atoms with Gasteiger partial charge >= 0.3 is 17.9 Å². The van der Waals surface area contributed by atoms with E-state index in [2.05, 4.69) is 23.0 Å². The minimum absolute atomic E-state index is 0.0839. The summed E-state index contributed by atoms with van der Waals surface area (Å²) in [4.78, 5) is 39.6. The predicted octanol–water partition coefficient (Wildman–Crippen LogP) is 5.89. The van der Waals surface area contributed by atoms with Gasteiger partial charge in [0.25, 0.3) is 0 Å². The van der Waals surface area contributed by atoms with Crippen LogP contribution >= 0.6 is 0 Å². The molecule has 9 nitrogen and oxygen atoms in total. The number of aryl methyl sites for hydroxylation is 1. The molecule has 1 unspecified atom stereocenters. The second-order valence-corrected chi connectivity index (χ2v) is 8.36. The summed E-state index contributed by atoms with van der Waals surface area (Å²) >= 11 is 0. The highest BCUT2D eigenvalue weighted by Gasteiger charge is 2.23. The van der Waals surface area contributed by atoms with Crippen LogP contribution in [0, 0.1) is 11.3 Å². The molecule has 2 rings (SSSR count). The van der Waals surface area contributed by atoms with Crippen molar-refractivity contribution in [3.8, 4) is 6.07 Å². The number of hydrogen-bond donors (Lipinski definition) is 4. The van der Waals surface area contributed by atoms with Gasteiger partial charge in [0.1, 0.15) is 5.82 Å². The van der Waals surface area contributed by atoms with Gasteiger partial charge in [-0.3, -0.25) is 0 Å². The molecule has 0 aliphatic heterocycles. The van der Waals surface area contributed by atoms with Crippen LogP contribution < -0.4 is 0 Å². The van der Waals surface area contributed by atoms with Gasteiger partial charge in [-0.1, -0.05) is 64.4 Å². The number of nitrogens with zero attached hydrogens (tertiary/aromatic N) is 2. The topological polar surface area (TPSA) is 164 Å². The third-order valence-electron chi connectivity index (χ3n) is 5.56. The number of carboxylic acid groups (broad SMARTS) is 3. The van der Waals surface area contributed by atoms with Crippen LogP contribution in [-0.2, 0) is 6.42 Å². The molecule has 9 heteroatoms. The molecule has 1 atom stereocenters. The Morgan fingerprint density at radius 1 is 0.914 bits per heavy atom. The monoisotopic (exact) mass is 485 g/mol. The van der Waals surface area contributed by atoms with Crippen molar-refractivity contribution in [3.05, 3.63) is 52.6 Å². The number of aromatic carboxylic acids is 3. The first-order valence-electron chi connectivity index (χ1n) is 12.0. The summed E-state index contributed by atoms with van der Waals surface area (Å²) in [5.74, 6) is -3.58. The Labute approximate surface area is 205 Å². The Balaban J connectivity index is 0.000000365. The first-order valence-corrected chi connectivity index (χ1v) is 12.0. The Hall–Kier alpha value is -3.67. The molecule has 4 N–H and O–H groups in total. The number of nitrogens with one attached hydrogen (secondary N) is 1. The van der Waals surface area contributed by atoms with Gasteiger partial charge in [0.2, 0.25) is 0 Å². The van der Waals surface area contributed by atoms with Crippen molar-refractivity contribution in [2.45, 2.75) is 84.0 Å². The number of carbonyl (C=O) groups is 3. The van der Waals surface area contributed by atoms with Gasteiger partial charge < -0.3 is 20.3 Å². The highest BCUT2D eigenvalue weighted by molar-refractivity contribution is 6.09. The van der Waals surface area contributed by atoms with Crippen LogP contribution in [0.3, 0.4) is 0 Å². The largest absolute Gasteiger partial charge is 0.478 e. The Bertz CT molecular complexity index is 977. The number of hydrogen-bond acceptors (Lipinski definition) is 5. The lowest BCUT2D eigenvalue weighted by Gasteiger charge is -2.04. The molecular formula is C26H35N3O6. The number of H-pyrrole nitrogens is 1. The van der Waals surface area contributed by atoms with Crippen LogP contribution in [0.2, 0.25) is 0 Å². The summed E-state index contributed by atoms with van der Waals surface area (Å²) in [5, 5.41) is 34.9. The standard InChI is InChI=1S/C17H29N3.C9H6O6/c1-3-4-5-6-7-8-9-10-11-12-17-19-14-16(20-17)15(2)13-18;10-7(11)4-2-1-3-5(8(12)13)6(4)9(14)15/h14-15H,3-12H2,1-2H3,(H,19,20);1-3H,(H,10,11)(H,12,13)(H,14,15).